The van der Waals surface area contributed by atoms with Gasteiger partial charge in [-0.2, -0.15) is 0 Å². The summed E-state index contributed by atoms with van der Waals surface area (Å²) in [6.45, 7) is 15.4. The van der Waals surface area contributed by atoms with E-state index in [1.165, 1.54) is 60.9 Å². The van der Waals surface area contributed by atoms with Crippen LogP contribution in [0.4, 0.5) is 0 Å². The summed E-state index contributed by atoms with van der Waals surface area (Å²) in [6, 6.07) is 43.6. The van der Waals surface area contributed by atoms with E-state index in [0.717, 1.165) is 13.1 Å². The summed E-state index contributed by atoms with van der Waals surface area (Å²) < 4.78 is 5.70. The summed E-state index contributed by atoms with van der Waals surface area (Å²) in [7, 11) is -0.839. The molecule has 3 heteroatoms. The molecule has 0 bridgehead atoms. The number of rotatable bonds is 7. The second-order valence-electron chi connectivity index (χ2n) is 12.3. The molecular formula is C40H43N2P. The minimum Gasteiger partial charge on any atom is -0.252 e. The molecule has 43 heavy (non-hydrogen) atoms. The molecule has 6 rings (SSSR count). The standard InChI is InChI=1S/C40H43N2P/c1-28-22-30(3)37(31(4)23-28)26-41-39(34-16-10-7-11-17-34)40(35-18-12-8-13-19-35)42(43(41)36-20-14-9-15-21-36)27-38-32(5)24-29(2)25-33(38)6/h7-25,39-40H,26-27H2,1-6H3/t39-,40-/m1/s1. The summed E-state index contributed by atoms with van der Waals surface area (Å²) in [6.07, 6.45) is 0. The first kappa shape index (κ1) is 29.5. The van der Waals surface area contributed by atoms with Crippen molar-refractivity contribution in [2.75, 3.05) is 0 Å². The van der Waals surface area contributed by atoms with Crippen molar-refractivity contribution in [3.05, 3.63) is 171 Å². The van der Waals surface area contributed by atoms with Gasteiger partial charge in [-0.25, -0.2) is 0 Å². The van der Waals surface area contributed by atoms with Crippen LogP contribution in [-0.2, 0) is 13.1 Å². The molecule has 0 radical (unpaired) electrons. The first-order valence-corrected chi connectivity index (χ1v) is 16.7. The van der Waals surface area contributed by atoms with E-state index in [-0.39, 0.29) is 12.1 Å². The summed E-state index contributed by atoms with van der Waals surface area (Å²) in [5.74, 6) is 0. The SMILES string of the molecule is Cc1cc(C)c(CN2[C@H](c3ccccc3)[C@@H](c3ccccc3)N(Cc3c(C)cc(C)cc3C)P2c2ccccc2)c(C)c1. The highest BCUT2D eigenvalue weighted by atomic mass is 31.1. The maximum Gasteiger partial charge on any atom is 0.0743 e. The van der Waals surface area contributed by atoms with Crippen molar-refractivity contribution >= 4 is 13.5 Å². The lowest BCUT2D eigenvalue weighted by Gasteiger charge is -2.33. The van der Waals surface area contributed by atoms with E-state index in [1.54, 1.807) is 0 Å². The predicted molar refractivity (Wildman–Crippen MR) is 184 cm³/mol. The topological polar surface area (TPSA) is 6.48 Å². The third-order valence-electron chi connectivity index (χ3n) is 9.02. The first-order chi connectivity index (χ1) is 20.8. The minimum atomic E-state index is -0.839. The Morgan fingerprint density at radius 2 is 0.791 bits per heavy atom. The number of hydrogen-bond acceptors (Lipinski definition) is 2. The monoisotopic (exact) mass is 582 g/mol. The van der Waals surface area contributed by atoms with E-state index in [0.29, 0.717) is 0 Å². The molecule has 0 unspecified atom stereocenters. The van der Waals surface area contributed by atoms with E-state index in [9.17, 15) is 0 Å². The number of benzene rings is 5. The number of aryl methyl sites for hydroxylation is 6. The van der Waals surface area contributed by atoms with Crippen LogP contribution in [0.15, 0.2) is 115 Å². The molecule has 0 spiro atoms. The number of hydrogen-bond donors (Lipinski definition) is 0. The Labute approximate surface area is 259 Å². The Balaban J connectivity index is 1.60. The summed E-state index contributed by atoms with van der Waals surface area (Å²) in [4.78, 5) is 0. The van der Waals surface area contributed by atoms with Gasteiger partial charge in [-0.1, -0.05) is 126 Å². The molecule has 0 aromatic heterocycles. The summed E-state index contributed by atoms with van der Waals surface area (Å²) in [5.41, 5.74) is 13.8. The summed E-state index contributed by atoms with van der Waals surface area (Å²) >= 11 is 0. The van der Waals surface area contributed by atoms with Crippen LogP contribution in [0, 0.1) is 41.5 Å². The maximum absolute atomic E-state index is 2.85. The van der Waals surface area contributed by atoms with Crippen LogP contribution < -0.4 is 5.30 Å². The molecule has 0 amide bonds. The van der Waals surface area contributed by atoms with Gasteiger partial charge in [0.2, 0.25) is 0 Å². The molecule has 0 saturated carbocycles. The fraction of sp³-hybridized carbons (Fsp3) is 0.250. The molecule has 1 heterocycles. The maximum atomic E-state index is 2.85. The quantitative estimate of drug-likeness (QED) is 0.176. The Hall–Kier alpha value is -3.55. The lowest BCUT2D eigenvalue weighted by Crippen LogP contribution is -2.25. The van der Waals surface area contributed by atoms with Gasteiger partial charge in [0.15, 0.2) is 0 Å². The molecule has 0 N–H and O–H groups in total. The normalized spacial score (nSPS) is 17.9. The predicted octanol–water partition coefficient (Wildman–Crippen LogP) is 9.97. The average Bonchev–Trinajstić information content (AvgIpc) is 3.31. The average molecular weight is 583 g/mol. The lowest BCUT2D eigenvalue weighted by molar-refractivity contribution is 0.262. The molecule has 1 aliphatic rings. The zero-order valence-electron chi connectivity index (χ0n) is 26.4. The Morgan fingerprint density at radius 1 is 0.465 bits per heavy atom. The molecule has 2 nitrogen and oxygen atoms in total. The van der Waals surface area contributed by atoms with Crippen molar-refractivity contribution in [3.8, 4) is 0 Å². The number of nitrogens with zero attached hydrogens (tertiary/aromatic N) is 2. The van der Waals surface area contributed by atoms with Gasteiger partial charge in [0.05, 0.1) is 20.3 Å². The highest BCUT2D eigenvalue weighted by Gasteiger charge is 2.49. The van der Waals surface area contributed by atoms with Gasteiger partial charge in [0.25, 0.3) is 0 Å². The molecule has 1 saturated heterocycles. The summed E-state index contributed by atoms with van der Waals surface area (Å²) in [5, 5.41) is 1.40. The highest BCUT2D eigenvalue weighted by molar-refractivity contribution is 7.61. The Morgan fingerprint density at radius 3 is 1.14 bits per heavy atom. The zero-order valence-corrected chi connectivity index (χ0v) is 27.3. The molecule has 0 aliphatic carbocycles. The Kier molecular flexibility index (Phi) is 8.64. The van der Waals surface area contributed by atoms with Crippen molar-refractivity contribution in [2.24, 2.45) is 0 Å². The second kappa shape index (κ2) is 12.6. The van der Waals surface area contributed by atoms with Gasteiger partial charge >= 0.3 is 0 Å². The molecule has 1 fully saturated rings. The third kappa shape index (κ3) is 5.98. The Bertz CT molecular complexity index is 1540. The molecule has 2 atom stereocenters. The van der Waals surface area contributed by atoms with Gasteiger partial charge in [-0.3, -0.25) is 9.34 Å². The second-order valence-corrected chi connectivity index (χ2v) is 14.4. The fourth-order valence-corrected chi connectivity index (χ4v) is 10.0. The largest absolute Gasteiger partial charge is 0.252 e. The van der Waals surface area contributed by atoms with Crippen LogP contribution in [0.3, 0.4) is 0 Å². The molecule has 218 valence electrons. The van der Waals surface area contributed by atoms with Crippen molar-refractivity contribution in [2.45, 2.75) is 66.7 Å². The van der Waals surface area contributed by atoms with Gasteiger partial charge in [0.1, 0.15) is 0 Å². The van der Waals surface area contributed by atoms with E-state index in [1.807, 2.05) is 0 Å². The van der Waals surface area contributed by atoms with E-state index < -0.39 is 8.22 Å². The fourth-order valence-electron chi connectivity index (χ4n) is 7.15. The zero-order chi connectivity index (χ0) is 30.1. The van der Waals surface area contributed by atoms with Crippen LogP contribution >= 0.6 is 8.22 Å². The third-order valence-corrected chi connectivity index (χ3v) is 11.5. The van der Waals surface area contributed by atoms with E-state index >= 15 is 0 Å². The van der Waals surface area contributed by atoms with Crippen molar-refractivity contribution < 1.29 is 0 Å². The van der Waals surface area contributed by atoms with Crippen molar-refractivity contribution in [1.29, 1.82) is 0 Å². The van der Waals surface area contributed by atoms with Crippen LogP contribution in [0.25, 0.3) is 0 Å². The van der Waals surface area contributed by atoms with Gasteiger partial charge in [0, 0.05) is 18.4 Å². The van der Waals surface area contributed by atoms with Crippen LogP contribution in [-0.4, -0.2) is 9.34 Å². The smallest absolute Gasteiger partial charge is 0.0743 e. The lowest BCUT2D eigenvalue weighted by atomic mass is 9.91. The van der Waals surface area contributed by atoms with Crippen LogP contribution in [0.5, 0.6) is 0 Å². The van der Waals surface area contributed by atoms with Gasteiger partial charge in [-0.15, -0.1) is 0 Å². The van der Waals surface area contributed by atoms with Crippen molar-refractivity contribution in [3.63, 3.8) is 0 Å². The minimum absolute atomic E-state index is 0.195. The van der Waals surface area contributed by atoms with Crippen molar-refractivity contribution in [1.82, 2.24) is 9.34 Å². The molecule has 1 aliphatic heterocycles. The first-order valence-electron chi connectivity index (χ1n) is 15.4. The van der Waals surface area contributed by atoms with E-state index in [2.05, 4.69) is 166 Å². The molecule has 5 aromatic rings. The van der Waals surface area contributed by atoms with Crippen LogP contribution in [0.1, 0.15) is 67.7 Å². The highest BCUT2D eigenvalue weighted by Crippen LogP contribution is 2.65. The molecular weight excluding hydrogens is 539 g/mol. The van der Waals surface area contributed by atoms with Gasteiger partial charge < -0.3 is 0 Å². The van der Waals surface area contributed by atoms with Crippen LogP contribution in [0.2, 0.25) is 0 Å². The molecule has 5 aromatic carbocycles. The van der Waals surface area contributed by atoms with Gasteiger partial charge in [-0.05, 0) is 86.1 Å². The van der Waals surface area contributed by atoms with E-state index in [4.69, 9.17) is 0 Å².